The van der Waals surface area contributed by atoms with E-state index in [4.69, 9.17) is 4.55 Å². The Morgan fingerprint density at radius 3 is 2.50 bits per heavy atom. The lowest BCUT2D eigenvalue weighted by Gasteiger charge is -2.14. The van der Waals surface area contributed by atoms with E-state index < -0.39 is 10.1 Å². The topological polar surface area (TPSA) is 54.4 Å². The van der Waals surface area contributed by atoms with E-state index in [1.54, 1.807) is 0 Å². The lowest BCUT2D eigenvalue weighted by Crippen LogP contribution is -2.07. The smallest absolute Gasteiger partial charge is 0.264 e. The zero-order valence-electron chi connectivity index (χ0n) is 8.78. The van der Waals surface area contributed by atoms with Crippen LogP contribution < -0.4 is 0 Å². The molecule has 0 aromatic carbocycles. The van der Waals surface area contributed by atoms with E-state index in [-0.39, 0.29) is 5.75 Å². The zero-order valence-corrected chi connectivity index (χ0v) is 9.59. The Kier molecular flexibility index (Phi) is 4.38. The quantitative estimate of drug-likeness (QED) is 0.572. The first-order valence-electron chi connectivity index (χ1n) is 5.44. The number of rotatable bonds is 5. The van der Waals surface area contributed by atoms with Gasteiger partial charge >= 0.3 is 0 Å². The molecule has 0 aromatic heterocycles. The van der Waals surface area contributed by atoms with Crippen molar-refractivity contribution in [1.82, 2.24) is 0 Å². The molecule has 2 atom stereocenters. The highest BCUT2D eigenvalue weighted by atomic mass is 32.2. The molecule has 1 rings (SSSR count). The summed E-state index contributed by atoms with van der Waals surface area (Å²) in [6, 6.07) is 0. The van der Waals surface area contributed by atoms with Crippen LogP contribution in [0, 0.1) is 11.8 Å². The van der Waals surface area contributed by atoms with Gasteiger partial charge in [-0.15, -0.1) is 0 Å². The van der Waals surface area contributed by atoms with Crippen LogP contribution in [0.1, 0.15) is 45.4 Å². The molecule has 1 saturated carbocycles. The second kappa shape index (κ2) is 5.12. The molecule has 0 amide bonds. The summed E-state index contributed by atoms with van der Waals surface area (Å²) in [6.07, 6.45) is 6.59. The van der Waals surface area contributed by atoms with Crippen molar-refractivity contribution in [3.8, 4) is 0 Å². The van der Waals surface area contributed by atoms with Crippen LogP contribution in [0.4, 0.5) is 0 Å². The van der Waals surface area contributed by atoms with E-state index >= 15 is 0 Å². The van der Waals surface area contributed by atoms with E-state index in [9.17, 15) is 8.42 Å². The molecule has 1 N–H and O–H groups in total. The third-order valence-electron chi connectivity index (χ3n) is 3.27. The van der Waals surface area contributed by atoms with E-state index in [2.05, 4.69) is 6.92 Å². The molecule has 0 aromatic rings. The van der Waals surface area contributed by atoms with Crippen LogP contribution in [0.15, 0.2) is 0 Å². The Bertz CT molecular complexity index is 259. The average Bonchev–Trinajstić information content (AvgIpc) is 2.44. The summed E-state index contributed by atoms with van der Waals surface area (Å²) in [5.41, 5.74) is 0. The molecule has 1 aliphatic rings. The third-order valence-corrected chi connectivity index (χ3v) is 4.07. The van der Waals surface area contributed by atoms with Crippen LogP contribution >= 0.6 is 0 Å². The molecule has 1 aliphatic carbocycles. The minimum Gasteiger partial charge on any atom is -0.286 e. The average molecular weight is 220 g/mol. The SMILES string of the molecule is CC1CCCC1CCCCS(=O)(=O)O. The van der Waals surface area contributed by atoms with Crippen molar-refractivity contribution >= 4 is 10.1 Å². The van der Waals surface area contributed by atoms with Crippen molar-refractivity contribution < 1.29 is 13.0 Å². The van der Waals surface area contributed by atoms with Crippen molar-refractivity contribution in [2.45, 2.75) is 45.4 Å². The van der Waals surface area contributed by atoms with E-state index in [1.165, 1.54) is 19.3 Å². The maximum Gasteiger partial charge on any atom is 0.264 e. The van der Waals surface area contributed by atoms with Crippen molar-refractivity contribution in [2.75, 3.05) is 5.75 Å². The van der Waals surface area contributed by atoms with Gasteiger partial charge in [-0.3, -0.25) is 4.55 Å². The molecule has 0 heterocycles. The van der Waals surface area contributed by atoms with E-state index in [0.717, 1.165) is 24.7 Å². The molecule has 0 bridgehead atoms. The Balaban J connectivity index is 2.09. The highest BCUT2D eigenvalue weighted by Gasteiger charge is 2.22. The fourth-order valence-corrected chi connectivity index (χ4v) is 2.91. The van der Waals surface area contributed by atoms with Crippen molar-refractivity contribution in [2.24, 2.45) is 11.8 Å². The van der Waals surface area contributed by atoms with Crippen molar-refractivity contribution in [3.05, 3.63) is 0 Å². The number of hydrogen-bond acceptors (Lipinski definition) is 2. The molecule has 0 aliphatic heterocycles. The van der Waals surface area contributed by atoms with Gasteiger partial charge in [0.15, 0.2) is 0 Å². The Morgan fingerprint density at radius 2 is 2.00 bits per heavy atom. The van der Waals surface area contributed by atoms with Gasteiger partial charge in [-0.1, -0.05) is 39.0 Å². The van der Waals surface area contributed by atoms with Gasteiger partial charge < -0.3 is 0 Å². The van der Waals surface area contributed by atoms with Gasteiger partial charge in [0.25, 0.3) is 10.1 Å². The third kappa shape index (κ3) is 4.42. The Hall–Kier alpha value is -0.0900. The molecule has 0 spiro atoms. The van der Waals surface area contributed by atoms with Gasteiger partial charge in [-0.2, -0.15) is 8.42 Å². The first-order valence-corrected chi connectivity index (χ1v) is 7.05. The first-order chi connectivity index (χ1) is 6.49. The lowest BCUT2D eigenvalue weighted by molar-refractivity contribution is 0.379. The normalized spacial score (nSPS) is 28.1. The Labute approximate surface area is 86.6 Å². The summed E-state index contributed by atoms with van der Waals surface area (Å²) in [4.78, 5) is 0. The second-order valence-corrected chi connectivity index (χ2v) is 6.02. The van der Waals surface area contributed by atoms with Gasteiger partial charge in [0.1, 0.15) is 0 Å². The van der Waals surface area contributed by atoms with E-state index in [0.29, 0.717) is 6.42 Å². The molecule has 2 unspecified atom stereocenters. The molecular weight excluding hydrogens is 200 g/mol. The van der Waals surface area contributed by atoms with Crippen LogP contribution in [0.25, 0.3) is 0 Å². The van der Waals surface area contributed by atoms with Gasteiger partial charge in [0.2, 0.25) is 0 Å². The molecular formula is C10H20O3S. The standard InChI is InChI=1S/C10H20O3S/c1-9-5-4-7-10(9)6-2-3-8-14(11,12)13/h9-10H,2-8H2,1H3,(H,11,12,13). The summed E-state index contributed by atoms with van der Waals surface area (Å²) < 4.78 is 29.4. The van der Waals surface area contributed by atoms with Crippen LogP contribution in [0.2, 0.25) is 0 Å². The lowest BCUT2D eigenvalue weighted by atomic mass is 9.93. The Morgan fingerprint density at radius 1 is 1.29 bits per heavy atom. The molecule has 0 radical (unpaired) electrons. The van der Waals surface area contributed by atoms with Gasteiger partial charge in [0, 0.05) is 0 Å². The second-order valence-electron chi connectivity index (χ2n) is 4.45. The predicted molar refractivity (Wildman–Crippen MR) is 56.8 cm³/mol. The summed E-state index contributed by atoms with van der Waals surface area (Å²) in [5, 5.41) is 0. The predicted octanol–water partition coefficient (Wildman–Crippen LogP) is 2.48. The summed E-state index contributed by atoms with van der Waals surface area (Å²) in [7, 11) is -3.73. The van der Waals surface area contributed by atoms with Crippen LogP contribution in [-0.4, -0.2) is 18.7 Å². The maximum atomic E-state index is 10.4. The number of unbranched alkanes of at least 4 members (excludes halogenated alkanes) is 1. The monoisotopic (exact) mass is 220 g/mol. The molecule has 84 valence electrons. The van der Waals surface area contributed by atoms with Gasteiger partial charge in [-0.25, -0.2) is 0 Å². The highest BCUT2D eigenvalue weighted by molar-refractivity contribution is 7.85. The van der Waals surface area contributed by atoms with Crippen molar-refractivity contribution in [3.63, 3.8) is 0 Å². The fourth-order valence-electron chi connectivity index (χ4n) is 2.34. The first kappa shape index (κ1) is 12.0. The largest absolute Gasteiger partial charge is 0.286 e. The minimum absolute atomic E-state index is 0.0753. The fraction of sp³-hybridized carbons (Fsp3) is 1.00. The van der Waals surface area contributed by atoms with E-state index in [1.807, 2.05) is 0 Å². The van der Waals surface area contributed by atoms with Gasteiger partial charge in [0.05, 0.1) is 5.75 Å². The molecule has 4 heteroatoms. The zero-order chi connectivity index (χ0) is 10.6. The number of hydrogen-bond donors (Lipinski definition) is 1. The van der Waals surface area contributed by atoms with Crippen LogP contribution in [0.5, 0.6) is 0 Å². The molecule has 3 nitrogen and oxygen atoms in total. The maximum absolute atomic E-state index is 10.4. The van der Waals surface area contributed by atoms with Crippen LogP contribution in [-0.2, 0) is 10.1 Å². The summed E-state index contributed by atoms with van der Waals surface area (Å²) in [5.74, 6) is 1.52. The highest BCUT2D eigenvalue weighted by Crippen LogP contribution is 2.34. The molecule has 14 heavy (non-hydrogen) atoms. The summed E-state index contributed by atoms with van der Waals surface area (Å²) >= 11 is 0. The molecule has 0 saturated heterocycles. The minimum atomic E-state index is -3.73. The van der Waals surface area contributed by atoms with Crippen LogP contribution in [0.3, 0.4) is 0 Å². The molecule has 1 fully saturated rings. The summed E-state index contributed by atoms with van der Waals surface area (Å²) in [6.45, 7) is 2.28. The van der Waals surface area contributed by atoms with Gasteiger partial charge in [-0.05, 0) is 18.3 Å². The van der Waals surface area contributed by atoms with Crippen molar-refractivity contribution in [1.29, 1.82) is 0 Å².